The molecule has 11 heteroatoms. The number of aliphatic hydroxyl groups excluding tert-OH is 2. The van der Waals surface area contributed by atoms with Gasteiger partial charge in [0, 0.05) is 43.6 Å². The lowest BCUT2D eigenvalue weighted by Crippen LogP contribution is -2.70. The molecule has 1 amide bonds. The maximum atomic E-state index is 14.8. The van der Waals surface area contributed by atoms with Crippen molar-refractivity contribution in [3.63, 3.8) is 0 Å². The Kier molecular flexibility index (Phi) is 12.9. The second-order valence-corrected chi connectivity index (χ2v) is 17.4. The molecule has 2 aliphatic heterocycles. The fourth-order valence-corrected chi connectivity index (χ4v) is 10.4. The van der Waals surface area contributed by atoms with Crippen molar-refractivity contribution in [1.29, 1.82) is 0 Å². The third-order valence-electron chi connectivity index (χ3n) is 13.4. The van der Waals surface area contributed by atoms with Crippen LogP contribution in [-0.2, 0) is 20.9 Å². The maximum Gasteiger partial charge on any atom is 0.239 e. The molecule has 3 aliphatic carbocycles. The van der Waals surface area contributed by atoms with Gasteiger partial charge in [0.25, 0.3) is 0 Å². The Morgan fingerprint density at radius 1 is 0.873 bits per heavy atom. The molecule has 4 aromatic carbocycles. The van der Waals surface area contributed by atoms with Gasteiger partial charge in [-0.3, -0.25) is 4.79 Å². The highest BCUT2D eigenvalue weighted by atomic mass is 16.7. The van der Waals surface area contributed by atoms with Gasteiger partial charge in [-0.1, -0.05) is 78.7 Å². The summed E-state index contributed by atoms with van der Waals surface area (Å²) in [4.78, 5) is 22.5. The summed E-state index contributed by atoms with van der Waals surface area (Å²) in [6, 6.07) is 29.7. The van der Waals surface area contributed by atoms with Gasteiger partial charge in [0.1, 0.15) is 30.4 Å². The number of unbranched alkanes of at least 4 members (excludes halogenated alkanes) is 2. The molecule has 5 aliphatic rings. The minimum absolute atomic E-state index is 0.0496. The molecule has 2 heterocycles. The molecule has 6 atom stereocenters. The predicted molar refractivity (Wildman–Crippen MR) is 240 cm³/mol. The number of carbonyl (C=O) groups excluding carboxylic acids is 1. The fourth-order valence-electron chi connectivity index (χ4n) is 10.4. The third kappa shape index (κ3) is 8.71. The van der Waals surface area contributed by atoms with Crippen molar-refractivity contribution in [1.82, 2.24) is 4.90 Å². The summed E-state index contributed by atoms with van der Waals surface area (Å²) < 4.78 is 32.7. The molecule has 330 valence electrons. The quantitative estimate of drug-likeness (QED) is 0.0539. The molecule has 2 fully saturated rings. The number of carbonyl (C=O) groups is 1. The van der Waals surface area contributed by atoms with E-state index in [4.69, 9.17) is 33.7 Å². The van der Waals surface area contributed by atoms with Gasteiger partial charge in [0.2, 0.25) is 18.5 Å². The minimum Gasteiger partial charge on any atom is -0.459 e. The van der Waals surface area contributed by atoms with Gasteiger partial charge in [0.05, 0.1) is 18.2 Å². The van der Waals surface area contributed by atoms with E-state index in [0.717, 1.165) is 72.1 Å². The van der Waals surface area contributed by atoms with Gasteiger partial charge >= 0.3 is 0 Å². The molecule has 11 nitrogen and oxygen atoms in total. The van der Waals surface area contributed by atoms with Crippen molar-refractivity contribution < 1.29 is 43.5 Å². The van der Waals surface area contributed by atoms with Crippen LogP contribution >= 0.6 is 0 Å². The number of allylic oxidation sites excluding steroid dienone is 1. The van der Waals surface area contributed by atoms with E-state index in [1.54, 1.807) is 13.2 Å². The van der Waals surface area contributed by atoms with Crippen molar-refractivity contribution in [3.8, 4) is 39.9 Å². The first kappa shape index (κ1) is 42.7. The number of nitrogens with zero attached hydrogens (tertiary/aromatic N) is 2. The van der Waals surface area contributed by atoms with Crippen molar-refractivity contribution in [2.45, 2.75) is 82.1 Å². The molecule has 0 aromatic heterocycles. The third-order valence-corrected chi connectivity index (χ3v) is 13.4. The Morgan fingerprint density at radius 2 is 1.60 bits per heavy atom. The van der Waals surface area contributed by atoms with E-state index in [1.165, 1.54) is 0 Å². The average molecular weight is 855 g/mol. The molecule has 0 spiro atoms. The number of ether oxygens (including phenoxy) is 5. The lowest BCUT2D eigenvalue weighted by atomic mass is 9.55. The van der Waals surface area contributed by atoms with Crippen molar-refractivity contribution >= 4 is 11.6 Å². The second kappa shape index (κ2) is 19.0. The van der Waals surface area contributed by atoms with Crippen LogP contribution in [0.2, 0.25) is 0 Å². The molecular formula is C52H58N2O9. The van der Waals surface area contributed by atoms with E-state index in [1.807, 2.05) is 65.6 Å². The summed E-state index contributed by atoms with van der Waals surface area (Å²) in [5.74, 6) is 1.60. The zero-order valence-electron chi connectivity index (χ0n) is 36.0. The molecule has 0 radical (unpaired) electrons. The number of rotatable bonds is 19. The summed E-state index contributed by atoms with van der Waals surface area (Å²) in [6.07, 6.45) is 10.8. The second-order valence-electron chi connectivity index (χ2n) is 17.4. The van der Waals surface area contributed by atoms with Crippen LogP contribution < -0.4 is 18.9 Å². The first-order valence-corrected chi connectivity index (χ1v) is 22.6. The van der Waals surface area contributed by atoms with Gasteiger partial charge in [-0.05, 0) is 115 Å². The summed E-state index contributed by atoms with van der Waals surface area (Å²) in [5.41, 5.74) is 5.88. The molecule has 0 saturated heterocycles. The highest BCUT2D eigenvalue weighted by Crippen LogP contribution is 2.62. The van der Waals surface area contributed by atoms with E-state index < -0.39 is 17.7 Å². The maximum absolute atomic E-state index is 14.8. The van der Waals surface area contributed by atoms with Crippen LogP contribution in [-0.4, -0.2) is 72.3 Å². The van der Waals surface area contributed by atoms with Crippen molar-refractivity contribution in [3.05, 3.63) is 126 Å². The van der Waals surface area contributed by atoms with Gasteiger partial charge in [0.15, 0.2) is 11.5 Å². The fraction of sp³-hybridized carbons (Fsp3) is 0.423. The smallest absolute Gasteiger partial charge is 0.239 e. The topological polar surface area (TPSA) is 129 Å². The Bertz CT molecular complexity index is 2310. The number of oxime groups is 1. The first-order valence-electron chi connectivity index (χ1n) is 22.6. The van der Waals surface area contributed by atoms with Crippen molar-refractivity contribution in [2.24, 2.45) is 28.8 Å². The van der Waals surface area contributed by atoms with E-state index >= 15 is 0 Å². The normalized spacial score (nSPS) is 24.7. The van der Waals surface area contributed by atoms with Crippen LogP contribution in [0.4, 0.5) is 0 Å². The summed E-state index contributed by atoms with van der Waals surface area (Å²) in [5, 5.41) is 24.7. The summed E-state index contributed by atoms with van der Waals surface area (Å²) in [6.45, 7) is 4.93. The van der Waals surface area contributed by atoms with E-state index in [-0.39, 0.29) is 56.2 Å². The monoisotopic (exact) mass is 854 g/mol. The SMILES string of the molecule is C=CCO[C@@]12Oc3ccc(Oc4ccc(-c5ccccc5)cc4)cc3[C@H]3[C@H](CCCCO)[C@@H](CCCCO)C=C(C(=NOC)C[C@@H]1N(Cc1ccc4c(c1)OCO4)C(=O)C1CC1)[C@H]32. The molecule has 2 N–H and O–H groups in total. The predicted octanol–water partition coefficient (Wildman–Crippen LogP) is 9.58. The van der Waals surface area contributed by atoms with Crippen molar-refractivity contribution in [2.75, 3.05) is 33.7 Å². The Hall–Kier alpha value is -5.62. The zero-order valence-corrected chi connectivity index (χ0v) is 36.0. The highest BCUT2D eigenvalue weighted by molar-refractivity contribution is 6.03. The molecular weight excluding hydrogens is 797 g/mol. The average Bonchev–Trinajstić information content (AvgIpc) is 4.06. The molecule has 2 saturated carbocycles. The number of fused-ring (bicyclic) bond motifs is 3. The molecule has 0 bridgehead atoms. The standard InChI is InChI=1S/C52H58N2O9/c1-3-27-61-52-48(54(51(57)37-16-17-37)32-34-15-23-46-47(28-34)60-33-59-46)31-44(53-58-2)42-29-38(13-7-9-25-55)41(14-8-10-26-56)49(50(42)52)43-30-40(22-24-45(43)63-52)62-39-20-18-36(19-21-39)35-11-5-4-6-12-35/h3-6,11-12,15,18-24,28-30,37-38,41,48-50,55-56H,1,7-10,13-14,16-17,25-27,31-33H2,2H3/t38-,41+,48-,49+,50+,52+/m0/s1. The number of benzene rings is 4. The van der Waals surface area contributed by atoms with Crippen LogP contribution in [0, 0.1) is 23.7 Å². The Balaban J connectivity index is 1.18. The van der Waals surface area contributed by atoms with Crippen LogP contribution in [0.3, 0.4) is 0 Å². The number of aliphatic hydroxyl groups is 2. The zero-order chi connectivity index (χ0) is 43.3. The number of hydrogen-bond donors (Lipinski definition) is 2. The number of amides is 1. The molecule has 9 rings (SSSR count). The van der Waals surface area contributed by atoms with Crippen LogP contribution in [0.15, 0.2) is 120 Å². The number of hydrogen-bond acceptors (Lipinski definition) is 10. The largest absolute Gasteiger partial charge is 0.459 e. The van der Waals surface area contributed by atoms with Gasteiger partial charge in [-0.15, -0.1) is 6.58 Å². The van der Waals surface area contributed by atoms with Gasteiger partial charge in [-0.2, -0.15) is 0 Å². The molecule has 0 unspecified atom stereocenters. The highest BCUT2D eigenvalue weighted by Gasteiger charge is 2.66. The minimum atomic E-state index is -1.35. The lowest BCUT2D eigenvalue weighted by Gasteiger charge is -2.60. The van der Waals surface area contributed by atoms with E-state index in [2.05, 4.69) is 43.0 Å². The van der Waals surface area contributed by atoms with E-state index in [0.29, 0.717) is 54.6 Å². The Labute approximate surface area is 369 Å². The van der Waals surface area contributed by atoms with E-state index in [9.17, 15) is 15.0 Å². The molecule has 63 heavy (non-hydrogen) atoms. The summed E-state index contributed by atoms with van der Waals surface area (Å²) >= 11 is 0. The Morgan fingerprint density at radius 3 is 2.35 bits per heavy atom. The van der Waals surface area contributed by atoms with Crippen LogP contribution in [0.5, 0.6) is 28.7 Å². The summed E-state index contributed by atoms with van der Waals surface area (Å²) in [7, 11) is 1.57. The lowest BCUT2D eigenvalue weighted by molar-refractivity contribution is -0.258. The molecule has 4 aromatic rings. The van der Waals surface area contributed by atoms with Crippen LogP contribution in [0.25, 0.3) is 11.1 Å². The van der Waals surface area contributed by atoms with Crippen LogP contribution in [0.1, 0.15) is 74.8 Å². The van der Waals surface area contributed by atoms with Gasteiger partial charge < -0.3 is 43.6 Å². The first-order chi connectivity index (χ1) is 30.9. The van der Waals surface area contributed by atoms with Gasteiger partial charge in [-0.25, -0.2) is 0 Å².